The molecule has 2 aromatic heterocycles. The minimum absolute atomic E-state index is 0.100. The summed E-state index contributed by atoms with van der Waals surface area (Å²) >= 11 is 0. The number of nitrogens with two attached hydrogens (primary N) is 1. The quantitative estimate of drug-likeness (QED) is 0.475. The van der Waals surface area contributed by atoms with E-state index in [1.807, 2.05) is 0 Å². The molecule has 0 saturated heterocycles. The van der Waals surface area contributed by atoms with Crippen LogP contribution in [0, 0.1) is 5.95 Å². The molecule has 0 unspecified atom stereocenters. The number of halogens is 1. The second kappa shape index (κ2) is 6.95. The van der Waals surface area contributed by atoms with Gasteiger partial charge < -0.3 is 21.1 Å². The fourth-order valence-corrected chi connectivity index (χ4v) is 2.67. The number of pyridine rings is 2. The van der Waals surface area contributed by atoms with Crippen LogP contribution < -0.4 is 21.1 Å². The summed E-state index contributed by atoms with van der Waals surface area (Å²) in [7, 11) is 0. The zero-order valence-electron chi connectivity index (χ0n) is 14.4. The number of nitrogens with zero attached hydrogens (tertiary/aromatic N) is 2. The van der Waals surface area contributed by atoms with E-state index in [0.717, 1.165) is 0 Å². The number of rotatable bonds is 3. The summed E-state index contributed by atoms with van der Waals surface area (Å²) in [6.45, 7) is -0.161. The predicted molar refractivity (Wildman–Crippen MR) is 100 cm³/mol. The second-order valence-corrected chi connectivity index (χ2v) is 6.01. The Morgan fingerprint density at radius 3 is 2.79 bits per heavy atom. The fraction of sp³-hybridized carbons (Fsp3) is 0.0526. The first-order valence-corrected chi connectivity index (χ1v) is 8.26. The second-order valence-electron chi connectivity index (χ2n) is 6.01. The molecule has 0 aliphatic carbocycles. The van der Waals surface area contributed by atoms with Crippen molar-refractivity contribution in [1.29, 1.82) is 0 Å². The van der Waals surface area contributed by atoms with Crippen LogP contribution in [0.25, 0.3) is 11.1 Å². The van der Waals surface area contributed by atoms with Crippen molar-refractivity contribution in [3.8, 4) is 17.0 Å². The lowest BCUT2D eigenvalue weighted by molar-refractivity contribution is -0.118. The maximum Gasteiger partial charge on any atom is 0.274 e. The van der Waals surface area contributed by atoms with E-state index < -0.39 is 11.9 Å². The van der Waals surface area contributed by atoms with E-state index in [0.29, 0.717) is 28.2 Å². The number of amides is 2. The molecule has 9 heteroatoms. The SMILES string of the molecule is Nc1ccc(-c2ccc(F)nc2)cc1NC(=O)c1ccc2c(n1)OCC(=O)N2. The van der Waals surface area contributed by atoms with Gasteiger partial charge in [-0.1, -0.05) is 6.07 Å². The number of carbonyl (C=O) groups excluding carboxylic acids is 2. The minimum atomic E-state index is -0.579. The first-order valence-electron chi connectivity index (χ1n) is 8.26. The standard InChI is InChI=1S/C19H14FN5O3/c20-16-6-2-11(8-22-16)10-1-3-12(21)15(7-10)24-18(27)13-4-5-14-19(25-13)28-9-17(26)23-14/h1-8H,9,21H2,(H,23,26)(H,24,27). The van der Waals surface area contributed by atoms with E-state index >= 15 is 0 Å². The zero-order chi connectivity index (χ0) is 19.7. The highest BCUT2D eigenvalue weighted by atomic mass is 19.1. The van der Waals surface area contributed by atoms with Crippen LogP contribution in [0.1, 0.15) is 10.5 Å². The van der Waals surface area contributed by atoms with Gasteiger partial charge in [-0.3, -0.25) is 9.59 Å². The molecule has 4 N–H and O–H groups in total. The molecule has 1 aliphatic rings. The van der Waals surface area contributed by atoms with Gasteiger partial charge in [0.05, 0.1) is 11.4 Å². The fourth-order valence-electron chi connectivity index (χ4n) is 2.67. The molecule has 8 nitrogen and oxygen atoms in total. The molecule has 0 fully saturated rings. The normalized spacial score (nSPS) is 12.5. The Kier molecular flexibility index (Phi) is 4.32. The van der Waals surface area contributed by atoms with Gasteiger partial charge in [0.25, 0.3) is 11.8 Å². The van der Waals surface area contributed by atoms with Crippen molar-refractivity contribution in [2.45, 2.75) is 0 Å². The monoisotopic (exact) mass is 379 g/mol. The van der Waals surface area contributed by atoms with E-state index in [2.05, 4.69) is 20.6 Å². The number of carbonyl (C=O) groups is 2. The molecule has 0 saturated carbocycles. The number of ether oxygens (including phenoxy) is 1. The maximum absolute atomic E-state index is 13.0. The van der Waals surface area contributed by atoms with E-state index in [1.54, 1.807) is 24.3 Å². The summed E-state index contributed by atoms with van der Waals surface area (Å²) in [6.07, 6.45) is 1.39. The summed E-state index contributed by atoms with van der Waals surface area (Å²) in [5.74, 6) is -1.19. The molecule has 2 amide bonds. The summed E-state index contributed by atoms with van der Waals surface area (Å²) < 4.78 is 18.2. The van der Waals surface area contributed by atoms with Gasteiger partial charge in [-0.05, 0) is 42.0 Å². The van der Waals surface area contributed by atoms with E-state index in [1.165, 1.54) is 24.4 Å². The molecule has 1 aliphatic heterocycles. The number of hydrogen-bond donors (Lipinski definition) is 3. The largest absolute Gasteiger partial charge is 0.466 e. The summed E-state index contributed by atoms with van der Waals surface area (Å²) in [6, 6.07) is 10.9. The molecule has 0 atom stereocenters. The third kappa shape index (κ3) is 3.45. The van der Waals surface area contributed by atoms with Crippen molar-refractivity contribution in [1.82, 2.24) is 9.97 Å². The Morgan fingerprint density at radius 2 is 2.00 bits per heavy atom. The Labute approximate surface area is 158 Å². The van der Waals surface area contributed by atoms with Gasteiger partial charge in [0.2, 0.25) is 11.8 Å². The molecular weight excluding hydrogens is 365 g/mol. The van der Waals surface area contributed by atoms with Gasteiger partial charge in [-0.25, -0.2) is 9.97 Å². The number of benzene rings is 1. The van der Waals surface area contributed by atoms with Gasteiger partial charge in [0, 0.05) is 11.8 Å². The maximum atomic E-state index is 13.0. The van der Waals surface area contributed by atoms with Crippen LogP contribution >= 0.6 is 0 Å². The zero-order valence-corrected chi connectivity index (χ0v) is 14.4. The first kappa shape index (κ1) is 17.4. The van der Waals surface area contributed by atoms with Gasteiger partial charge in [0.15, 0.2) is 6.61 Å². The van der Waals surface area contributed by atoms with Crippen LogP contribution in [0.2, 0.25) is 0 Å². The lowest BCUT2D eigenvalue weighted by atomic mass is 10.1. The molecule has 0 radical (unpaired) electrons. The smallest absolute Gasteiger partial charge is 0.274 e. The molecule has 3 heterocycles. The highest BCUT2D eigenvalue weighted by Gasteiger charge is 2.20. The number of nitrogen functional groups attached to an aromatic ring is 1. The highest BCUT2D eigenvalue weighted by Crippen LogP contribution is 2.28. The number of anilines is 3. The van der Waals surface area contributed by atoms with E-state index in [4.69, 9.17) is 10.5 Å². The molecular formula is C19H14FN5O3. The molecule has 0 spiro atoms. The van der Waals surface area contributed by atoms with Gasteiger partial charge in [-0.2, -0.15) is 4.39 Å². The van der Waals surface area contributed by atoms with Crippen molar-refractivity contribution in [2.75, 3.05) is 23.0 Å². The lowest BCUT2D eigenvalue weighted by Crippen LogP contribution is -2.26. The third-order valence-electron chi connectivity index (χ3n) is 4.07. The number of aromatic nitrogens is 2. The van der Waals surface area contributed by atoms with Crippen LogP contribution in [-0.2, 0) is 4.79 Å². The van der Waals surface area contributed by atoms with Crippen molar-refractivity contribution < 1.29 is 18.7 Å². The Morgan fingerprint density at radius 1 is 1.18 bits per heavy atom. The number of hydrogen-bond acceptors (Lipinski definition) is 6. The molecule has 28 heavy (non-hydrogen) atoms. The van der Waals surface area contributed by atoms with Gasteiger partial charge in [0.1, 0.15) is 11.4 Å². The van der Waals surface area contributed by atoms with E-state index in [-0.39, 0.29) is 24.1 Å². The van der Waals surface area contributed by atoms with Crippen molar-refractivity contribution in [3.05, 3.63) is 60.3 Å². The molecule has 1 aromatic carbocycles. The summed E-state index contributed by atoms with van der Waals surface area (Å²) in [4.78, 5) is 31.6. The minimum Gasteiger partial charge on any atom is -0.466 e. The number of fused-ring (bicyclic) bond motifs is 1. The average molecular weight is 379 g/mol. The molecule has 3 aromatic rings. The average Bonchev–Trinajstić information content (AvgIpc) is 2.70. The first-order chi connectivity index (χ1) is 13.5. The van der Waals surface area contributed by atoms with Crippen LogP contribution in [0.4, 0.5) is 21.5 Å². The van der Waals surface area contributed by atoms with Crippen LogP contribution in [0.15, 0.2) is 48.7 Å². The van der Waals surface area contributed by atoms with Gasteiger partial charge >= 0.3 is 0 Å². The van der Waals surface area contributed by atoms with Crippen molar-refractivity contribution >= 4 is 28.9 Å². The Bertz CT molecular complexity index is 1090. The Balaban J connectivity index is 1.58. The van der Waals surface area contributed by atoms with Gasteiger partial charge in [-0.15, -0.1) is 0 Å². The molecule has 4 rings (SSSR count). The molecule has 0 bridgehead atoms. The highest BCUT2D eigenvalue weighted by molar-refractivity contribution is 6.05. The lowest BCUT2D eigenvalue weighted by Gasteiger charge is -2.17. The number of nitrogens with one attached hydrogen (secondary N) is 2. The molecule has 140 valence electrons. The van der Waals surface area contributed by atoms with Crippen molar-refractivity contribution in [3.63, 3.8) is 0 Å². The summed E-state index contributed by atoms with van der Waals surface area (Å²) in [5.41, 5.74) is 8.58. The van der Waals surface area contributed by atoms with Crippen LogP contribution in [-0.4, -0.2) is 28.4 Å². The Hall–Kier alpha value is -4.01. The summed E-state index contributed by atoms with van der Waals surface area (Å²) in [5, 5.41) is 5.30. The van der Waals surface area contributed by atoms with Crippen LogP contribution in [0.3, 0.4) is 0 Å². The topological polar surface area (TPSA) is 119 Å². The predicted octanol–water partition coefficient (Wildman–Crippen LogP) is 2.45. The third-order valence-corrected chi connectivity index (χ3v) is 4.07. The van der Waals surface area contributed by atoms with E-state index in [9.17, 15) is 14.0 Å². The van der Waals surface area contributed by atoms with Crippen molar-refractivity contribution in [2.24, 2.45) is 0 Å². The van der Waals surface area contributed by atoms with Crippen LogP contribution in [0.5, 0.6) is 5.88 Å².